The normalized spacial score (nSPS) is 17.5. The van der Waals surface area contributed by atoms with Gasteiger partial charge in [-0.2, -0.15) is 0 Å². The highest BCUT2D eigenvalue weighted by molar-refractivity contribution is 5.88. The molecule has 3 aromatic rings. The molecule has 4 rings (SSSR count). The molecular weight excluding hydrogens is 348 g/mol. The van der Waals surface area contributed by atoms with Crippen LogP contribution in [-0.4, -0.2) is 37.0 Å². The molecule has 1 fully saturated rings. The first kappa shape index (κ1) is 18.4. The summed E-state index contributed by atoms with van der Waals surface area (Å²) in [6.07, 6.45) is 0.977. The summed E-state index contributed by atoms with van der Waals surface area (Å²) in [4.78, 5) is 15.0. The summed E-state index contributed by atoms with van der Waals surface area (Å²) in [5.41, 5.74) is 2.17. The zero-order valence-electron chi connectivity index (χ0n) is 16.4. The Kier molecular flexibility index (Phi) is 5.20. The van der Waals surface area contributed by atoms with E-state index in [0.29, 0.717) is 6.04 Å². The molecule has 1 aliphatic heterocycles. The number of ether oxygens (including phenoxy) is 1. The Hall–Kier alpha value is -3.01. The van der Waals surface area contributed by atoms with E-state index in [1.807, 2.05) is 48.2 Å². The van der Waals surface area contributed by atoms with Crippen molar-refractivity contribution >= 4 is 22.4 Å². The second-order valence-electron chi connectivity index (χ2n) is 7.47. The van der Waals surface area contributed by atoms with Crippen molar-refractivity contribution in [2.75, 3.05) is 25.5 Å². The van der Waals surface area contributed by atoms with Crippen molar-refractivity contribution in [2.24, 2.45) is 0 Å². The topological polar surface area (TPSA) is 41.6 Å². The summed E-state index contributed by atoms with van der Waals surface area (Å²) >= 11 is 0. The third-order valence-electron chi connectivity index (χ3n) is 5.59. The number of rotatable bonds is 5. The molecule has 0 radical (unpaired) electrons. The van der Waals surface area contributed by atoms with Gasteiger partial charge in [0, 0.05) is 24.8 Å². The van der Waals surface area contributed by atoms with Crippen LogP contribution in [0.25, 0.3) is 10.8 Å². The first-order chi connectivity index (χ1) is 13.6. The number of likely N-dealkylation sites (tertiary alicyclic amines) is 1. The smallest absolute Gasteiger partial charge is 0.229 e. The summed E-state index contributed by atoms with van der Waals surface area (Å²) in [6.45, 7) is 3.56. The van der Waals surface area contributed by atoms with Crippen molar-refractivity contribution in [1.82, 2.24) is 4.90 Å². The third-order valence-corrected chi connectivity index (χ3v) is 5.59. The fourth-order valence-electron chi connectivity index (χ4n) is 3.90. The van der Waals surface area contributed by atoms with Crippen LogP contribution in [0, 0.1) is 0 Å². The number of benzene rings is 3. The lowest BCUT2D eigenvalue weighted by Crippen LogP contribution is -2.34. The Morgan fingerprint density at radius 2 is 1.82 bits per heavy atom. The maximum atomic E-state index is 13.1. The van der Waals surface area contributed by atoms with Crippen molar-refractivity contribution in [2.45, 2.75) is 25.3 Å². The number of anilines is 1. The molecule has 144 valence electrons. The van der Waals surface area contributed by atoms with Crippen molar-refractivity contribution in [3.8, 4) is 5.75 Å². The summed E-state index contributed by atoms with van der Waals surface area (Å²) in [5, 5.41) is 5.78. The van der Waals surface area contributed by atoms with Gasteiger partial charge >= 0.3 is 0 Å². The summed E-state index contributed by atoms with van der Waals surface area (Å²) in [5.74, 6) is 0.894. The second kappa shape index (κ2) is 7.93. The fourth-order valence-corrected chi connectivity index (χ4v) is 3.90. The van der Waals surface area contributed by atoms with Crippen molar-refractivity contribution in [3.05, 3.63) is 72.3 Å². The lowest BCUT2D eigenvalue weighted by Gasteiger charge is -2.22. The van der Waals surface area contributed by atoms with E-state index in [0.717, 1.165) is 47.3 Å². The monoisotopic (exact) mass is 374 g/mol. The van der Waals surface area contributed by atoms with E-state index in [1.54, 1.807) is 7.11 Å². The van der Waals surface area contributed by atoms with Gasteiger partial charge in [0.25, 0.3) is 0 Å². The van der Waals surface area contributed by atoms with Gasteiger partial charge in [-0.25, -0.2) is 0 Å². The van der Waals surface area contributed by atoms with E-state index >= 15 is 0 Å². The number of amides is 1. The van der Waals surface area contributed by atoms with E-state index in [-0.39, 0.29) is 11.8 Å². The van der Waals surface area contributed by atoms with Gasteiger partial charge < -0.3 is 15.0 Å². The number of nitrogens with zero attached hydrogens (tertiary/aromatic N) is 1. The summed E-state index contributed by atoms with van der Waals surface area (Å²) in [6, 6.07) is 22.8. The first-order valence-electron chi connectivity index (χ1n) is 9.82. The largest absolute Gasteiger partial charge is 0.497 e. The molecule has 0 aliphatic carbocycles. The van der Waals surface area contributed by atoms with Crippen LogP contribution in [0.2, 0.25) is 0 Å². The first-order valence-corrected chi connectivity index (χ1v) is 9.82. The number of nitrogens with one attached hydrogen (secondary N) is 1. The van der Waals surface area contributed by atoms with Gasteiger partial charge in [-0.3, -0.25) is 4.79 Å². The Bertz CT molecular complexity index is 971. The van der Waals surface area contributed by atoms with Gasteiger partial charge in [-0.1, -0.05) is 42.5 Å². The molecule has 4 nitrogen and oxygen atoms in total. The van der Waals surface area contributed by atoms with Gasteiger partial charge in [0.05, 0.1) is 13.0 Å². The van der Waals surface area contributed by atoms with E-state index < -0.39 is 0 Å². The van der Waals surface area contributed by atoms with Crippen molar-refractivity contribution in [1.29, 1.82) is 0 Å². The van der Waals surface area contributed by atoms with Crippen molar-refractivity contribution in [3.63, 3.8) is 0 Å². The van der Waals surface area contributed by atoms with Crippen LogP contribution in [-0.2, 0) is 4.79 Å². The summed E-state index contributed by atoms with van der Waals surface area (Å²) < 4.78 is 5.29. The van der Waals surface area contributed by atoms with E-state index in [9.17, 15) is 4.79 Å². The van der Waals surface area contributed by atoms with Crippen LogP contribution < -0.4 is 10.1 Å². The van der Waals surface area contributed by atoms with Crippen LogP contribution in [0.15, 0.2) is 66.7 Å². The molecule has 1 saturated heterocycles. The predicted molar refractivity (Wildman–Crippen MR) is 114 cm³/mol. The lowest BCUT2D eigenvalue weighted by molar-refractivity contribution is -0.131. The van der Waals surface area contributed by atoms with Crippen LogP contribution in [0.1, 0.15) is 24.8 Å². The molecule has 3 aromatic carbocycles. The van der Waals surface area contributed by atoms with E-state index in [2.05, 4.69) is 35.6 Å². The number of fused-ring (bicyclic) bond motifs is 1. The highest BCUT2D eigenvalue weighted by Gasteiger charge is 2.29. The number of carbonyl (C=O) groups is 1. The molecular formula is C24H26N2O2. The maximum Gasteiger partial charge on any atom is 0.229 e. The zero-order chi connectivity index (χ0) is 19.5. The second-order valence-corrected chi connectivity index (χ2v) is 7.47. The molecule has 0 aromatic heterocycles. The number of methoxy groups -OCH3 is 1. The summed E-state index contributed by atoms with van der Waals surface area (Å²) in [7, 11) is 1.67. The standard InChI is InChI=1S/C24H26N2O2/c1-17(18-8-9-20-15-23(28-2)11-10-19(20)14-18)24(27)26-13-12-22(16-26)25-21-6-4-3-5-7-21/h3-11,14-15,17,22,25H,12-13,16H2,1-2H3/t17-,22?/m0/s1. The van der Waals surface area contributed by atoms with E-state index in [4.69, 9.17) is 4.74 Å². The van der Waals surface area contributed by atoms with Gasteiger partial charge in [0.1, 0.15) is 5.75 Å². The lowest BCUT2D eigenvalue weighted by atomic mass is 9.96. The molecule has 1 amide bonds. The van der Waals surface area contributed by atoms with Crippen LogP contribution in [0.4, 0.5) is 5.69 Å². The molecule has 1 N–H and O–H groups in total. The molecule has 0 saturated carbocycles. The molecule has 2 atom stereocenters. The Labute approximate surface area is 166 Å². The average molecular weight is 374 g/mol. The van der Waals surface area contributed by atoms with Gasteiger partial charge in [0.15, 0.2) is 0 Å². The minimum Gasteiger partial charge on any atom is -0.497 e. The molecule has 1 heterocycles. The molecule has 4 heteroatoms. The van der Waals surface area contributed by atoms with Crippen LogP contribution >= 0.6 is 0 Å². The average Bonchev–Trinajstić information content (AvgIpc) is 3.21. The number of hydrogen-bond acceptors (Lipinski definition) is 3. The van der Waals surface area contributed by atoms with E-state index in [1.165, 1.54) is 0 Å². The fraction of sp³-hybridized carbons (Fsp3) is 0.292. The minimum absolute atomic E-state index is 0.151. The Morgan fingerprint density at radius 1 is 1.07 bits per heavy atom. The molecule has 1 aliphatic rings. The van der Waals surface area contributed by atoms with Gasteiger partial charge in [-0.15, -0.1) is 0 Å². The number of hydrogen-bond donors (Lipinski definition) is 1. The highest BCUT2D eigenvalue weighted by atomic mass is 16.5. The number of carbonyl (C=O) groups excluding carboxylic acids is 1. The Morgan fingerprint density at radius 3 is 2.61 bits per heavy atom. The predicted octanol–water partition coefficient (Wildman–Crippen LogP) is 4.66. The molecule has 0 spiro atoms. The molecule has 1 unspecified atom stereocenters. The third kappa shape index (κ3) is 3.81. The zero-order valence-corrected chi connectivity index (χ0v) is 16.4. The minimum atomic E-state index is -0.151. The van der Waals surface area contributed by atoms with Crippen LogP contribution in [0.5, 0.6) is 5.75 Å². The highest BCUT2D eigenvalue weighted by Crippen LogP contribution is 2.27. The number of para-hydroxylation sites is 1. The van der Waals surface area contributed by atoms with Gasteiger partial charge in [0.2, 0.25) is 5.91 Å². The van der Waals surface area contributed by atoms with Crippen molar-refractivity contribution < 1.29 is 9.53 Å². The van der Waals surface area contributed by atoms with Crippen LogP contribution in [0.3, 0.4) is 0 Å². The Balaban J connectivity index is 1.44. The molecule has 28 heavy (non-hydrogen) atoms. The SMILES string of the molecule is COc1ccc2cc([C@H](C)C(=O)N3CCC(Nc4ccccc4)C3)ccc2c1. The maximum absolute atomic E-state index is 13.1. The molecule has 0 bridgehead atoms. The quantitative estimate of drug-likeness (QED) is 0.706. The van der Waals surface area contributed by atoms with Gasteiger partial charge in [-0.05, 0) is 53.9 Å².